The molecule has 2 aromatic rings. The SMILES string of the molecule is CC(=O)OOc1ccccc1-c1ccccc1. The summed E-state index contributed by atoms with van der Waals surface area (Å²) in [5.74, 6) is 0.0433. The zero-order valence-corrected chi connectivity index (χ0v) is 9.42. The van der Waals surface area contributed by atoms with Crippen molar-refractivity contribution in [1.29, 1.82) is 0 Å². The summed E-state index contributed by atoms with van der Waals surface area (Å²) in [4.78, 5) is 20.3. The molecule has 0 N–H and O–H groups in total. The van der Waals surface area contributed by atoms with Gasteiger partial charge in [0.2, 0.25) is 0 Å². The average Bonchev–Trinajstić information content (AvgIpc) is 2.38. The van der Waals surface area contributed by atoms with Crippen LogP contribution >= 0.6 is 0 Å². The molecule has 0 spiro atoms. The minimum absolute atomic E-state index is 0.479. The van der Waals surface area contributed by atoms with E-state index in [0.717, 1.165) is 11.1 Å². The van der Waals surface area contributed by atoms with E-state index in [2.05, 4.69) is 4.89 Å². The van der Waals surface area contributed by atoms with Crippen LogP contribution in [0, 0.1) is 0 Å². The Morgan fingerprint density at radius 2 is 1.59 bits per heavy atom. The summed E-state index contributed by atoms with van der Waals surface area (Å²) in [6.07, 6.45) is 0. The van der Waals surface area contributed by atoms with Crippen molar-refractivity contribution in [2.45, 2.75) is 6.92 Å². The van der Waals surface area contributed by atoms with Crippen molar-refractivity contribution < 1.29 is 14.6 Å². The number of rotatable bonds is 3. The topological polar surface area (TPSA) is 35.5 Å². The summed E-state index contributed by atoms with van der Waals surface area (Å²) in [5, 5.41) is 0. The lowest BCUT2D eigenvalue weighted by atomic mass is 10.1. The molecule has 3 heteroatoms. The maximum atomic E-state index is 10.7. The van der Waals surface area contributed by atoms with Crippen LogP contribution in [0.3, 0.4) is 0 Å². The standard InChI is InChI=1S/C14H12O3/c1-11(15)16-17-14-10-6-5-9-13(14)12-7-3-2-4-8-12/h2-10H,1H3. The van der Waals surface area contributed by atoms with Crippen molar-refractivity contribution in [3.8, 4) is 16.9 Å². The van der Waals surface area contributed by atoms with Gasteiger partial charge in [-0.25, -0.2) is 4.79 Å². The van der Waals surface area contributed by atoms with Gasteiger partial charge in [-0.2, -0.15) is 0 Å². The molecule has 86 valence electrons. The Morgan fingerprint density at radius 3 is 2.29 bits per heavy atom. The normalized spacial score (nSPS) is 9.71. The monoisotopic (exact) mass is 228 g/mol. The smallest absolute Gasteiger partial charge is 0.286 e. The first-order valence-corrected chi connectivity index (χ1v) is 5.27. The maximum absolute atomic E-state index is 10.7. The predicted molar refractivity (Wildman–Crippen MR) is 64.3 cm³/mol. The quantitative estimate of drug-likeness (QED) is 0.597. The van der Waals surface area contributed by atoms with Crippen LogP contribution in [0.4, 0.5) is 0 Å². The molecule has 0 aliphatic rings. The Bertz CT molecular complexity index is 506. The van der Waals surface area contributed by atoms with Crippen molar-refractivity contribution >= 4 is 5.97 Å². The van der Waals surface area contributed by atoms with Crippen LogP contribution in [0.1, 0.15) is 6.92 Å². The highest BCUT2D eigenvalue weighted by Gasteiger charge is 2.07. The number of carbonyl (C=O) groups is 1. The van der Waals surface area contributed by atoms with Crippen LogP contribution in [0.2, 0.25) is 0 Å². The molecule has 0 saturated heterocycles. The van der Waals surface area contributed by atoms with Gasteiger partial charge in [0.05, 0.1) is 0 Å². The molecule has 0 heterocycles. The summed E-state index contributed by atoms with van der Waals surface area (Å²) in [6.45, 7) is 1.30. The zero-order chi connectivity index (χ0) is 12.1. The lowest BCUT2D eigenvalue weighted by Crippen LogP contribution is -2.03. The second kappa shape index (κ2) is 5.16. The second-order valence-electron chi connectivity index (χ2n) is 3.52. The number of carbonyl (C=O) groups excluding carboxylic acids is 1. The molecule has 0 saturated carbocycles. The average molecular weight is 228 g/mol. The van der Waals surface area contributed by atoms with Crippen molar-refractivity contribution in [3.63, 3.8) is 0 Å². The van der Waals surface area contributed by atoms with Crippen molar-refractivity contribution in [2.75, 3.05) is 0 Å². The first kappa shape index (κ1) is 11.2. The van der Waals surface area contributed by atoms with Gasteiger partial charge in [-0.05, 0) is 11.6 Å². The number of hydrogen-bond donors (Lipinski definition) is 0. The molecule has 0 fully saturated rings. The zero-order valence-electron chi connectivity index (χ0n) is 9.42. The molecular weight excluding hydrogens is 216 g/mol. The molecule has 0 radical (unpaired) electrons. The van der Waals surface area contributed by atoms with Crippen LogP contribution in [-0.4, -0.2) is 5.97 Å². The van der Waals surface area contributed by atoms with Crippen molar-refractivity contribution in [3.05, 3.63) is 54.6 Å². The third kappa shape index (κ3) is 2.84. The van der Waals surface area contributed by atoms with Crippen molar-refractivity contribution in [1.82, 2.24) is 0 Å². The van der Waals surface area contributed by atoms with Gasteiger partial charge in [0.25, 0.3) is 0 Å². The van der Waals surface area contributed by atoms with E-state index in [9.17, 15) is 4.79 Å². The molecule has 2 aromatic carbocycles. The van der Waals surface area contributed by atoms with E-state index < -0.39 is 5.97 Å². The lowest BCUT2D eigenvalue weighted by molar-refractivity contribution is -0.210. The summed E-state index contributed by atoms with van der Waals surface area (Å²) in [5.41, 5.74) is 1.89. The largest absolute Gasteiger partial charge is 0.352 e. The van der Waals surface area contributed by atoms with Gasteiger partial charge >= 0.3 is 5.97 Å². The third-order valence-corrected chi connectivity index (χ3v) is 2.22. The molecule has 0 aromatic heterocycles. The van der Waals surface area contributed by atoms with Gasteiger partial charge in [-0.15, -0.1) is 0 Å². The number of hydrogen-bond acceptors (Lipinski definition) is 3. The summed E-state index contributed by atoms with van der Waals surface area (Å²) in [6, 6.07) is 17.2. The highest BCUT2D eigenvalue weighted by atomic mass is 17.2. The molecule has 0 atom stereocenters. The number of benzene rings is 2. The molecule has 2 rings (SSSR count). The van der Waals surface area contributed by atoms with Gasteiger partial charge < -0.3 is 0 Å². The van der Waals surface area contributed by atoms with E-state index in [1.165, 1.54) is 6.92 Å². The lowest BCUT2D eigenvalue weighted by Gasteiger charge is -2.08. The van der Waals surface area contributed by atoms with Gasteiger partial charge in [0, 0.05) is 12.5 Å². The summed E-state index contributed by atoms with van der Waals surface area (Å²) >= 11 is 0. The van der Waals surface area contributed by atoms with Gasteiger partial charge in [0.15, 0.2) is 5.75 Å². The van der Waals surface area contributed by atoms with Crippen LogP contribution in [-0.2, 0) is 9.68 Å². The highest BCUT2D eigenvalue weighted by Crippen LogP contribution is 2.29. The fourth-order valence-electron chi connectivity index (χ4n) is 1.50. The molecule has 3 nitrogen and oxygen atoms in total. The number of para-hydroxylation sites is 1. The van der Waals surface area contributed by atoms with Gasteiger partial charge in [0.1, 0.15) is 0 Å². The van der Waals surface area contributed by atoms with Crippen LogP contribution in [0.25, 0.3) is 11.1 Å². The maximum Gasteiger partial charge on any atom is 0.352 e. The van der Waals surface area contributed by atoms with Gasteiger partial charge in [-0.3, -0.25) is 9.78 Å². The van der Waals surface area contributed by atoms with E-state index in [0.29, 0.717) is 5.75 Å². The highest BCUT2D eigenvalue weighted by molar-refractivity contribution is 5.70. The third-order valence-electron chi connectivity index (χ3n) is 2.22. The minimum Gasteiger partial charge on any atom is -0.286 e. The molecular formula is C14H12O3. The Kier molecular flexibility index (Phi) is 3.40. The molecule has 0 aliphatic carbocycles. The fraction of sp³-hybridized carbons (Fsp3) is 0.0714. The van der Waals surface area contributed by atoms with Crippen LogP contribution in [0.15, 0.2) is 54.6 Å². The first-order valence-electron chi connectivity index (χ1n) is 5.27. The van der Waals surface area contributed by atoms with E-state index in [1.807, 2.05) is 48.5 Å². The Morgan fingerprint density at radius 1 is 0.941 bits per heavy atom. The van der Waals surface area contributed by atoms with Crippen LogP contribution in [0.5, 0.6) is 5.75 Å². The molecule has 0 amide bonds. The van der Waals surface area contributed by atoms with Crippen LogP contribution < -0.4 is 4.89 Å². The Balaban J connectivity index is 2.31. The summed E-state index contributed by atoms with van der Waals surface area (Å²) < 4.78 is 0. The van der Waals surface area contributed by atoms with E-state index in [1.54, 1.807) is 6.07 Å². The second-order valence-corrected chi connectivity index (χ2v) is 3.52. The molecule has 0 unspecified atom stereocenters. The fourth-order valence-corrected chi connectivity index (χ4v) is 1.50. The van der Waals surface area contributed by atoms with Crippen molar-refractivity contribution in [2.24, 2.45) is 0 Å². The van der Waals surface area contributed by atoms with E-state index in [-0.39, 0.29) is 0 Å². The first-order chi connectivity index (χ1) is 8.27. The van der Waals surface area contributed by atoms with E-state index >= 15 is 0 Å². The Labute approximate surface area is 99.5 Å². The Hall–Kier alpha value is -2.29. The molecule has 0 bridgehead atoms. The molecule has 0 aliphatic heterocycles. The minimum atomic E-state index is -0.479. The summed E-state index contributed by atoms with van der Waals surface area (Å²) in [7, 11) is 0. The predicted octanol–water partition coefficient (Wildman–Crippen LogP) is 3.21. The van der Waals surface area contributed by atoms with E-state index in [4.69, 9.17) is 4.89 Å². The molecule has 17 heavy (non-hydrogen) atoms. The van der Waals surface area contributed by atoms with Gasteiger partial charge in [-0.1, -0.05) is 48.5 Å².